The minimum absolute atomic E-state index is 0.0104. The molecule has 0 saturated heterocycles. The number of carbonyl (C=O) groups is 3. The number of nitrogens with zero attached hydrogens (tertiary/aromatic N) is 1. The molecule has 27 heavy (non-hydrogen) atoms. The summed E-state index contributed by atoms with van der Waals surface area (Å²) in [5.74, 6) is -1.54. The van der Waals surface area contributed by atoms with E-state index in [1.165, 1.54) is 23.1 Å². The second-order valence-corrected chi connectivity index (χ2v) is 6.44. The van der Waals surface area contributed by atoms with E-state index < -0.39 is 24.0 Å². The monoisotopic (exact) mass is 368 g/mol. The van der Waals surface area contributed by atoms with Crippen molar-refractivity contribution >= 4 is 29.2 Å². The van der Waals surface area contributed by atoms with E-state index in [0.29, 0.717) is 11.4 Å². The average Bonchev–Trinajstić information content (AvgIpc) is 2.63. The fourth-order valence-electron chi connectivity index (χ4n) is 2.96. The molecule has 2 N–H and O–H groups in total. The number of hydrogen-bond donors (Lipinski definition) is 2. The Hall–Kier alpha value is -3.35. The van der Waals surface area contributed by atoms with Crippen molar-refractivity contribution in [1.82, 2.24) is 0 Å². The van der Waals surface area contributed by atoms with E-state index in [0.717, 1.165) is 5.56 Å². The third-order valence-electron chi connectivity index (χ3n) is 4.52. The van der Waals surface area contributed by atoms with Gasteiger partial charge >= 0.3 is 5.97 Å². The van der Waals surface area contributed by atoms with Gasteiger partial charge in [0, 0.05) is 5.69 Å². The molecule has 0 saturated carbocycles. The zero-order valence-corrected chi connectivity index (χ0v) is 15.2. The average molecular weight is 368 g/mol. The summed E-state index contributed by atoms with van der Waals surface area (Å²) in [5, 5.41) is 12.1. The third kappa shape index (κ3) is 3.48. The molecule has 1 aliphatic heterocycles. The minimum atomic E-state index is -1.12. The van der Waals surface area contributed by atoms with Gasteiger partial charge in [-0.25, -0.2) is 4.79 Å². The lowest BCUT2D eigenvalue weighted by molar-refractivity contribution is -0.128. The number of aromatic carboxylic acids is 1. The maximum Gasteiger partial charge on any atom is 0.335 e. The highest BCUT2D eigenvalue weighted by molar-refractivity contribution is 6.08. The topological polar surface area (TPSA) is 95.9 Å². The van der Waals surface area contributed by atoms with Gasteiger partial charge in [0.1, 0.15) is 11.8 Å². The number of nitrogens with one attached hydrogen (secondary N) is 1. The normalized spacial score (nSPS) is 16.9. The molecular weight excluding hydrogens is 348 g/mol. The molecule has 1 heterocycles. The van der Waals surface area contributed by atoms with Crippen LogP contribution in [-0.2, 0) is 9.59 Å². The first-order chi connectivity index (χ1) is 12.8. The number of carboxylic acid groups (broad SMARTS) is 1. The van der Waals surface area contributed by atoms with E-state index in [-0.39, 0.29) is 17.2 Å². The van der Waals surface area contributed by atoms with Crippen LogP contribution in [0.3, 0.4) is 0 Å². The van der Waals surface area contributed by atoms with Crippen LogP contribution >= 0.6 is 0 Å². The number of para-hydroxylation sites is 1. The quantitative estimate of drug-likeness (QED) is 0.865. The van der Waals surface area contributed by atoms with Crippen LogP contribution in [0.1, 0.15) is 29.8 Å². The SMILES string of the molecule is Cc1ccccc1NC(=O)C(C)N1C(=O)C(C)Oc2ccc(C(=O)O)cc21. The number of aryl methyl sites for hydroxylation is 1. The van der Waals surface area contributed by atoms with E-state index in [2.05, 4.69) is 5.32 Å². The molecule has 2 aromatic rings. The molecule has 3 rings (SSSR count). The number of amides is 2. The standard InChI is InChI=1S/C20H20N2O5/c1-11-6-4-5-7-15(11)21-18(23)12(2)22-16-10-14(20(25)26)8-9-17(16)27-13(3)19(22)24/h4-10,12-13H,1-3H3,(H,21,23)(H,25,26). The molecule has 0 fully saturated rings. The van der Waals surface area contributed by atoms with Crippen molar-refractivity contribution in [2.75, 3.05) is 10.2 Å². The Labute approximate surface area is 156 Å². The third-order valence-corrected chi connectivity index (χ3v) is 4.52. The maximum atomic E-state index is 12.8. The van der Waals surface area contributed by atoms with Crippen molar-refractivity contribution in [2.45, 2.75) is 32.9 Å². The zero-order valence-electron chi connectivity index (χ0n) is 15.2. The number of fused-ring (bicyclic) bond motifs is 1. The van der Waals surface area contributed by atoms with Crippen molar-refractivity contribution < 1.29 is 24.2 Å². The summed E-state index contributed by atoms with van der Waals surface area (Å²) in [6.07, 6.45) is -0.776. The fraction of sp³-hybridized carbons (Fsp3) is 0.250. The Morgan fingerprint density at radius 3 is 2.59 bits per heavy atom. The predicted molar refractivity (Wildman–Crippen MR) is 100 cm³/mol. The van der Waals surface area contributed by atoms with Crippen molar-refractivity contribution in [2.24, 2.45) is 0 Å². The van der Waals surface area contributed by atoms with E-state index >= 15 is 0 Å². The Morgan fingerprint density at radius 2 is 1.93 bits per heavy atom. The van der Waals surface area contributed by atoms with Gasteiger partial charge in [-0.1, -0.05) is 18.2 Å². The molecule has 0 spiro atoms. The van der Waals surface area contributed by atoms with E-state index in [1.54, 1.807) is 19.9 Å². The van der Waals surface area contributed by atoms with Crippen LogP contribution in [0.2, 0.25) is 0 Å². The van der Waals surface area contributed by atoms with Gasteiger partial charge in [-0.05, 0) is 50.6 Å². The van der Waals surface area contributed by atoms with Crippen molar-refractivity contribution in [3.63, 3.8) is 0 Å². The smallest absolute Gasteiger partial charge is 0.335 e. The molecule has 2 aromatic carbocycles. The molecule has 7 heteroatoms. The molecule has 1 aliphatic rings. The second kappa shape index (κ2) is 7.11. The first-order valence-corrected chi connectivity index (χ1v) is 8.53. The summed E-state index contributed by atoms with van der Waals surface area (Å²) in [5.41, 5.74) is 1.83. The summed E-state index contributed by atoms with van der Waals surface area (Å²) < 4.78 is 5.56. The van der Waals surface area contributed by atoms with Gasteiger partial charge < -0.3 is 15.2 Å². The van der Waals surface area contributed by atoms with Gasteiger partial charge in [0.05, 0.1) is 11.3 Å². The summed E-state index contributed by atoms with van der Waals surface area (Å²) in [6.45, 7) is 5.06. The lowest BCUT2D eigenvalue weighted by Crippen LogP contribution is -2.52. The number of hydrogen-bond acceptors (Lipinski definition) is 4. The number of benzene rings is 2. The molecule has 0 bridgehead atoms. The Morgan fingerprint density at radius 1 is 1.22 bits per heavy atom. The number of ether oxygens (including phenoxy) is 1. The molecule has 2 atom stereocenters. The fourth-order valence-corrected chi connectivity index (χ4v) is 2.96. The molecule has 140 valence electrons. The van der Waals surface area contributed by atoms with Crippen molar-refractivity contribution in [1.29, 1.82) is 0 Å². The van der Waals surface area contributed by atoms with Crippen molar-refractivity contribution in [3.8, 4) is 5.75 Å². The van der Waals surface area contributed by atoms with Gasteiger partial charge in [-0.15, -0.1) is 0 Å². The molecule has 7 nitrogen and oxygen atoms in total. The molecule has 2 unspecified atom stereocenters. The van der Waals surface area contributed by atoms with Crippen LogP contribution in [0.5, 0.6) is 5.75 Å². The number of rotatable bonds is 4. The highest BCUT2D eigenvalue weighted by atomic mass is 16.5. The van der Waals surface area contributed by atoms with Crippen LogP contribution < -0.4 is 15.0 Å². The highest BCUT2D eigenvalue weighted by Crippen LogP contribution is 2.36. The minimum Gasteiger partial charge on any atom is -0.479 e. The van der Waals surface area contributed by atoms with E-state index in [9.17, 15) is 19.5 Å². The largest absolute Gasteiger partial charge is 0.479 e. The first kappa shape index (κ1) is 18.4. The molecule has 2 amide bonds. The number of anilines is 2. The second-order valence-electron chi connectivity index (χ2n) is 6.44. The molecule has 0 aromatic heterocycles. The van der Waals surface area contributed by atoms with Crippen LogP contribution in [-0.4, -0.2) is 35.0 Å². The van der Waals surface area contributed by atoms with Gasteiger partial charge in [0.2, 0.25) is 5.91 Å². The highest BCUT2D eigenvalue weighted by Gasteiger charge is 2.37. The van der Waals surface area contributed by atoms with Gasteiger partial charge in [0.25, 0.3) is 5.91 Å². The molecule has 0 radical (unpaired) electrons. The van der Waals surface area contributed by atoms with E-state index in [4.69, 9.17) is 4.74 Å². The van der Waals surface area contributed by atoms with Crippen LogP contribution in [0.15, 0.2) is 42.5 Å². The lowest BCUT2D eigenvalue weighted by atomic mass is 10.1. The zero-order chi connectivity index (χ0) is 19.7. The lowest BCUT2D eigenvalue weighted by Gasteiger charge is -2.36. The van der Waals surface area contributed by atoms with Gasteiger partial charge in [0.15, 0.2) is 6.10 Å². The maximum absolute atomic E-state index is 12.8. The van der Waals surface area contributed by atoms with Crippen LogP contribution in [0.4, 0.5) is 11.4 Å². The van der Waals surface area contributed by atoms with Gasteiger partial charge in [-0.2, -0.15) is 0 Å². The first-order valence-electron chi connectivity index (χ1n) is 8.53. The molecule has 0 aliphatic carbocycles. The summed E-state index contributed by atoms with van der Waals surface area (Å²) in [6, 6.07) is 10.7. The summed E-state index contributed by atoms with van der Waals surface area (Å²) in [4.78, 5) is 38.1. The van der Waals surface area contributed by atoms with Crippen molar-refractivity contribution in [3.05, 3.63) is 53.6 Å². The summed E-state index contributed by atoms with van der Waals surface area (Å²) >= 11 is 0. The predicted octanol–water partition coefficient (Wildman–Crippen LogP) is 2.83. The van der Waals surface area contributed by atoms with Gasteiger partial charge in [-0.3, -0.25) is 14.5 Å². The number of carboxylic acids is 1. The Balaban J connectivity index is 1.95. The number of carbonyl (C=O) groups excluding carboxylic acids is 2. The van der Waals surface area contributed by atoms with Crippen LogP contribution in [0.25, 0.3) is 0 Å². The summed E-state index contributed by atoms with van der Waals surface area (Å²) in [7, 11) is 0. The Bertz CT molecular complexity index is 924. The molecular formula is C20H20N2O5. The van der Waals surface area contributed by atoms with E-state index in [1.807, 2.05) is 25.1 Å². The Kier molecular flexibility index (Phi) is 4.85. The van der Waals surface area contributed by atoms with Crippen LogP contribution in [0, 0.1) is 6.92 Å².